The zero-order valence-corrected chi connectivity index (χ0v) is 9.94. The van der Waals surface area contributed by atoms with Gasteiger partial charge in [-0.25, -0.2) is 0 Å². The Hall–Kier alpha value is -2.60. The highest BCUT2D eigenvalue weighted by atomic mass is 19.3. The molecule has 2 aromatic rings. The van der Waals surface area contributed by atoms with Gasteiger partial charge in [-0.3, -0.25) is 0 Å². The van der Waals surface area contributed by atoms with Crippen molar-refractivity contribution in [3.05, 3.63) is 78.1 Å². The van der Waals surface area contributed by atoms with E-state index in [4.69, 9.17) is 4.74 Å². The van der Waals surface area contributed by atoms with Crippen LogP contribution in [0.15, 0.2) is 66.9 Å². The summed E-state index contributed by atoms with van der Waals surface area (Å²) in [5, 5.41) is 0. The lowest BCUT2D eigenvalue weighted by molar-refractivity contribution is 0.364. The fraction of sp³-hybridized carbons (Fsp3) is 0. The molecular weight excluding hydrogens is 246 g/mol. The number of ether oxygens (including phenoxy) is 1. The van der Waals surface area contributed by atoms with Gasteiger partial charge in [0.25, 0.3) is 0 Å². The first-order chi connectivity index (χ1) is 9.25. The van der Waals surface area contributed by atoms with Crippen LogP contribution in [-0.2, 0) is 0 Å². The fourth-order valence-electron chi connectivity index (χ4n) is 1.44. The highest BCUT2D eigenvalue weighted by Gasteiger charge is 1.99. The number of para-hydroxylation sites is 1. The molecular formula is C16H10F2O. The van der Waals surface area contributed by atoms with E-state index in [0.29, 0.717) is 17.6 Å². The second-order valence-corrected chi connectivity index (χ2v) is 3.64. The van der Waals surface area contributed by atoms with E-state index in [2.05, 4.69) is 11.8 Å². The highest BCUT2D eigenvalue weighted by Crippen LogP contribution is 2.18. The average molecular weight is 256 g/mol. The monoisotopic (exact) mass is 256 g/mol. The summed E-state index contributed by atoms with van der Waals surface area (Å²) in [5.74, 6) is 6.16. The topological polar surface area (TPSA) is 9.23 Å². The molecule has 0 aliphatic heterocycles. The first-order valence-electron chi connectivity index (χ1n) is 5.59. The zero-order valence-electron chi connectivity index (χ0n) is 9.94. The molecule has 3 heteroatoms. The van der Waals surface area contributed by atoms with Crippen molar-refractivity contribution in [3.63, 3.8) is 0 Å². The summed E-state index contributed by atoms with van der Waals surface area (Å²) in [6, 6.07) is 16.2. The van der Waals surface area contributed by atoms with Crippen molar-refractivity contribution in [3.8, 4) is 17.6 Å². The maximum Gasteiger partial charge on any atom is 0.305 e. The van der Waals surface area contributed by atoms with Gasteiger partial charge in [0.15, 0.2) is 6.26 Å². The van der Waals surface area contributed by atoms with Gasteiger partial charge < -0.3 is 4.74 Å². The lowest BCUT2D eigenvalue weighted by Gasteiger charge is -2.01. The molecule has 0 aromatic heterocycles. The summed E-state index contributed by atoms with van der Waals surface area (Å²) in [7, 11) is 0. The molecule has 0 saturated heterocycles. The second-order valence-electron chi connectivity index (χ2n) is 3.64. The quantitative estimate of drug-likeness (QED) is 0.578. The number of benzene rings is 2. The van der Waals surface area contributed by atoms with Crippen molar-refractivity contribution in [2.24, 2.45) is 0 Å². The van der Waals surface area contributed by atoms with Crippen molar-refractivity contribution < 1.29 is 13.5 Å². The Morgan fingerprint density at radius 2 is 1.58 bits per heavy atom. The van der Waals surface area contributed by atoms with Crippen LogP contribution in [0.5, 0.6) is 5.75 Å². The number of halogens is 2. The van der Waals surface area contributed by atoms with Crippen molar-refractivity contribution in [2.75, 3.05) is 0 Å². The number of hydrogen-bond acceptors (Lipinski definition) is 1. The molecule has 0 N–H and O–H groups in total. The van der Waals surface area contributed by atoms with Crippen LogP contribution < -0.4 is 4.74 Å². The average Bonchev–Trinajstić information content (AvgIpc) is 2.45. The largest absolute Gasteiger partial charge is 0.458 e. The van der Waals surface area contributed by atoms with E-state index in [1.807, 2.05) is 30.3 Å². The molecule has 0 atom stereocenters. The van der Waals surface area contributed by atoms with Gasteiger partial charge in [-0.1, -0.05) is 42.2 Å². The standard InChI is InChI=1S/C16H10F2O/c17-16(18)12-19-15-9-5-4-8-14(15)11-10-13-6-2-1-3-7-13/h1-9,12H. The maximum atomic E-state index is 12.0. The predicted molar refractivity (Wildman–Crippen MR) is 69.8 cm³/mol. The van der Waals surface area contributed by atoms with Crippen LogP contribution in [0.25, 0.3) is 0 Å². The smallest absolute Gasteiger partial charge is 0.305 e. The van der Waals surface area contributed by atoms with Gasteiger partial charge in [-0.2, -0.15) is 8.78 Å². The molecule has 2 aromatic carbocycles. The molecule has 2 rings (SSSR count). The van der Waals surface area contributed by atoms with Crippen LogP contribution in [0.2, 0.25) is 0 Å². The van der Waals surface area contributed by atoms with Gasteiger partial charge in [0, 0.05) is 5.56 Å². The van der Waals surface area contributed by atoms with Crippen molar-refractivity contribution in [1.29, 1.82) is 0 Å². The van der Waals surface area contributed by atoms with E-state index in [9.17, 15) is 8.78 Å². The molecule has 0 unspecified atom stereocenters. The minimum Gasteiger partial charge on any atom is -0.458 e. The molecule has 0 aliphatic carbocycles. The first kappa shape index (κ1) is 12.8. The fourth-order valence-corrected chi connectivity index (χ4v) is 1.44. The van der Waals surface area contributed by atoms with Crippen molar-refractivity contribution in [2.45, 2.75) is 0 Å². The van der Waals surface area contributed by atoms with E-state index in [-0.39, 0.29) is 0 Å². The summed E-state index contributed by atoms with van der Waals surface area (Å²) in [6.45, 7) is 0. The third-order valence-electron chi connectivity index (χ3n) is 2.28. The van der Waals surface area contributed by atoms with Crippen molar-refractivity contribution >= 4 is 0 Å². The summed E-state index contributed by atoms with van der Waals surface area (Å²) in [5.41, 5.74) is 1.41. The van der Waals surface area contributed by atoms with E-state index in [1.165, 1.54) is 0 Å². The SMILES string of the molecule is FC(F)=COc1ccccc1C#Cc1ccccc1. The molecule has 19 heavy (non-hydrogen) atoms. The summed E-state index contributed by atoms with van der Waals surface area (Å²) < 4.78 is 28.9. The van der Waals surface area contributed by atoms with E-state index in [0.717, 1.165) is 5.56 Å². The Balaban J connectivity index is 2.26. The van der Waals surface area contributed by atoms with Crippen LogP contribution in [0.3, 0.4) is 0 Å². The summed E-state index contributed by atoms with van der Waals surface area (Å²) in [6.07, 6.45) is -1.48. The molecule has 0 heterocycles. The van der Waals surface area contributed by atoms with Crippen LogP contribution in [-0.4, -0.2) is 0 Å². The lowest BCUT2D eigenvalue weighted by Crippen LogP contribution is -1.87. The molecule has 1 nitrogen and oxygen atoms in total. The summed E-state index contributed by atoms with van der Waals surface area (Å²) in [4.78, 5) is 0. The number of hydrogen-bond donors (Lipinski definition) is 0. The van der Waals surface area contributed by atoms with Gasteiger partial charge in [-0.15, -0.1) is 0 Å². The van der Waals surface area contributed by atoms with Gasteiger partial charge in [0.05, 0.1) is 5.56 Å². The Bertz CT molecular complexity index is 633. The highest BCUT2D eigenvalue weighted by molar-refractivity contribution is 5.49. The summed E-state index contributed by atoms with van der Waals surface area (Å²) >= 11 is 0. The first-order valence-corrected chi connectivity index (χ1v) is 5.59. The molecule has 0 aliphatic rings. The molecule has 0 bridgehead atoms. The van der Waals surface area contributed by atoms with Gasteiger partial charge in [0.2, 0.25) is 0 Å². The van der Waals surface area contributed by atoms with Crippen LogP contribution >= 0.6 is 0 Å². The lowest BCUT2D eigenvalue weighted by atomic mass is 10.1. The second kappa shape index (κ2) is 6.36. The molecule has 94 valence electrons. The van der Waals surface area contributed by atoms with Crippen molar-refractivity contribution in [1.82, 2.24) is 0 Å². The Labute approximate surface area is 110 Å². The van der Waals surface area contributed by atoms with Crippen LogP contribution in [0.1, 0.15) is 11.1 Å². The molecule has 0 spiro atoms. The van der Waals surface area contributed by atoms with Gasteiger partial charge in [-0.05, 0) is 24.3 Å². The minimum atomic E-state index is -1.88. The van der Waals surface area contributed by atoms with Gasteiger partial charge in [0.1, 0.15) is 5.75 Å². The van der Waals surface area contributed by atoms with E-state index >= 15 is 0 Å². The normalized spacial score (nSPS) is 9.16. The minimum absolute atomic E-state index is 0.304. The molecule has 0 radical (unpaired) electrons. The third-order valence-corrected chi connectivity index (χ3v) is 2.28. The number of rotatable bonds is 2. The third kappa shape index (κ3) is 3.97. The van der Waals surface area contributed by atoms with Crippen LogP contribution in [0.4, 0.5) is 8.78 Å². The molecule has 0 amide bonds. The molecule has 0 saturated carbocycles. The van der Waals surface area contributed by atoms with E-state index < -0.39 is 6.08 Å². The van der Waals surface area contributed by atoms with E-state index in [1.54, 1.807) is 24.3 Å². The Kier molecular flexibility index (Phi) is 4.30. The maximum absolute atomic E-state index is 12.0. The van der Waals surface area contributed by atoms with Crippen LogP contribution in [0, 0.1) is 11.8 Å². The Morgan fingerprint density at radius 3 is 2.32 bits per heavy atom. The molecule has 0 fully saturated rings. The predicted octanol–water partition coefficient (Wildman–Crippen LogP) is 4.20. The Morgan fingerprint density at radius 1 is 0.895 bits per heavy atom. The van der Waals surface area contributed by atoms with Gasteiger partial charge >= 0.3 is 6.08 Å². The zero-order chi connectivity index (χ0) is 13.5.